The molecular weight excluding hydrogens is 516 g/mol. The molecule has 0 aliphatic carbocycles. The van der Waals surface area contributed by atoms with Gasteiger partial charge in [0, 0.05) is 18.8 Å². The van der Waals surface area contributed by atoms with Gasteiger partial charge in [-0.2, -0.15) is 0 Å². The van der Waals surface area contributed by atoms with Crippen LogP contribution in [0.25, 0.3) is 0 Å². The van der Waals surface area contributed by atoms with Crippen LogP contribution in [0.2, 0.25) is 0 Å². The fourth-order valence-electron chi connectivity index (χ4n) is 5.78. The van der Waals surface area contributed by atoms with Gasteiger partial charge in [0.15, 0.2) is 0 Å². The molecule has 0 aromatic rings. The summed E-state index contributed by atoms with van der Waals surface area (Å²) in [6.45, 7) is 19.7. The minimum absolute atomic E-state index is 0.173. The Bertz CT molecular complexity index is 912. The van der Waals surface area contributed by atoms with E-state index in [-0.39, 0.29) is 24.4 Å². The van der Waals surface area contributed by atoms with Crippen molar-refractivity contribution in [3.63, 3.8) is 0 Å². The zero-order valence-electron chi connectivity index (χ0n) is 27.7. The number of aliphatic carboxylic acids is 1. The predicted octanol–water partition coefficient (Wildman–Crippen LogP) is 9.57. The minimum atomic E-state index is -1.12. The maximum atomic E-state index is 12.3. The zero-order valence-corrected chi connectivity index (χ0v) is 27.7. The first-order chi connectivity index (χ1) is 19.2. The first-order valence-electron chi connectivity index (χ1n) is 16.3. The van der Waals surface area contributed by atoms with E-state index in [0.717, 1.165) is 60.3 Å². The summed E-state index contributed by atoms with van der Waals surface area (Å²) in [6.07, 6.45) is 12.8. The van der Waals surface area contributed by atoms with Crippen LogP contribution < -0.4 is 0 Å². The quantitative estimate of drug-likeness (QED) is 0.0881. The highest BCUT2D eigenvalue weighted by atomic mass is 16.5. The van der Waals surface area contributed by atoms with Gasteiger partial charge in [-0.05, 0) is 68.4 Å². The number of carbonyl (C=O) groups excluding carboxylic acids is 2. The Hall–Kier alpha value is -2.11. The summed E-state index contributed by atoms with van der Waals surface area (Å²) in [5.41, 5.74) is 1.67. The van der Waals surface area contributed by atoms with Crippen molar-refractivity contribution in [1.29, 1.82) is 0 Å². The molecule has 0 aromatic carbocycles. The molecule has 236 valence electrons. The number of esters is 1. The average molecular weight is 577 g/mol. The standard InChI is InChI=1S/C35H60O6/c1-10-31(40-34(39)30(36)19-20-32(37)38)28(8)29-21-23-35(9,41-33(29)25(4)5)22-13-18-27(7)17-12-16-26(6)15-11-14-24(2)3/h24-27H,10-23H2,1-9H3,(H,37,38)/b31-28+. The number of allylic oxidation sites excluding steroid dienone is 4. The zero-order chi connectivity index (χ0) is 31.2. The molecule has 0 saturated carbocycles. The number of Topliss-reactive ketones (excluding diaryl/α,β-unsaturated/α-hetero) is 1. The van der Waals surface area contributed by atoms with Gasteiger partial charge >= 0.3 is 11.9 Å². The molecule has 3 atom stereocenters. The molecule has 6 nitrogen and oxygen atoms in total. The number of ketones is 1. The summed E-state index contributed by atoms with van der Waals surface area (Å²) >= 11 is 0. The first-order valence-corrected chi connectivity index (χ1v) is 16.3. The van der Waals surface area contributed by atoms with Crippen LogP contribution in [0.1, 0.15) is 152 Å². The van der Waals surface area contributed by atoms with E-state index in [2.05, 4.69) is 48.5 Å². The van der Waals surface area contributed by atoms with Gasteiger partial charge in [-0.25, -0.2) is 4.79 Å². The SMILES string of the molecule is CC/C(OC(=O)C(=O)CCC(=O)O)=C(/C)C1=C(C(C)C)OC(C)(CCCC(C)CCCC(C)CCCC(C)C)CC1. The molecule has 0 radical (unpaired) electrons. The monoisotopic (exact) mass is 576 g/mol. The Morgan fingerprint density at radius 1 is 0.902 bits per heavy atom. The summed E-state index contributed by atoms with van der Waals surface area (Å²) < 4.78 is 12.2. The molecule has 0 amide bonds. The van der Waals surface area contributed by atoms with E-state index >= 15 is 0 Å². The molecule has 0 spiro atoms. The Kier molecular flexibility index (Phi) is 16.6. The second-order valence-corrected chi connectivity index (χ2v) is 13.5. The van der Waals surface area contributed by atoms with E-state index in [0.29, 0.717) is 12.2 Å². The molecule has 0 fully saturated rings. The Morgan fingerprint density at radius 2 is 1.46 bits per heavy atom. The summed E-state index contributed by atoms with van der Waals surface area (Å²) in [7, 11) is 0. The van der Waals surface area contributed by atoms with Crippen LogP contribution in [0.4, 0.5) is 0 Å². The van der Waals surface area contributed by atoms with Crippen molar-refractivity contribution >= 4 is 17.7 Å². The lowest BCUT2D eigenvalue weighted by molar-refractivity contribution is -0.151. The smallest absolute Gasteiger partial charge is 0.379 e. The van der Waals surface area contributed by atoms with E-state index in [1.54, 1.807) is 0 Å². The van der Waals surface area contributed by atoms with E-state index in [9.17, 15) is 14.4 Å². The summed E-state index contributed by atoms with van der Waals surface area (Å²) in [6, 6.07) is 0. The lowest BCUT2D eigenvalue weighted by atomic mass is 9.83. The van der Waals surface area contributed by atoms with Crippen LogP contribution in [0.5, 0.6) is 0 Å². The van der Waals surface area contributed by atoms with E-state index in [1.807, 2.05) is 13.8 Å². The topological polar surface area (TPSA) is 89.9 Å². The lowest BCUT2D eigenvalue weighted by Crippen LogP contribution is -2.34. The second kappa shape index (κ2) is 18.4. The molecule has 3 unspecified atom stereocenters. The fraction of sp³-hybridized carbons (Fsp3) is 0.800. The first kappa shape index (κ1) is 36.9. The highest BCUT2D eigenvalue weighted by Crippen LogP contribution is 2.41. The van der Waals surface area contributed by atoms with Crippen molar-refractivity contribution in [3.8, 4) is 0 Å². The van der Waals surface area contributed by atoms with Crippen molar-refractivity contribution in [3.05, 3.63) is 22.7 Å². The van der Waals surface area contributed by atoms with Gasteiger partial charge in [0.1, 0.15) is 17.1 Å². The van der Waals surface area contributed by atoms with Crippen LogP contribution in [0.3, 0.4) is 0 Å². The molecule has 41 heavy (non-hydrogen) atoms. The van der Waals surface area contributed by atoms with Gasteiger partial charge in [0.25, 0.3) is 0 Å². The van der Waals surface area contributed by atoms with Gasteiger partial charge in [-0.1, -0.05) is 93.4 Å². The third-order valence-corrected chi connectivity index (χ3v) is 8.56. The van der Waals surface area contributed by atoms with Crippen LogP contribution in [0, 0.1) is 23.7 Å². The minimum Gasteiger partial charge on any atom is -0.491 e. The summed E-state index contributed by atoms with van der Waals surface area (Å²) in [4.78, 5) is 35.1. The molecule has 0 aromatic heterocycles. The third kappa shape index (κ3) is 14.1. The summed E-state index contributed by atoms with van der Waals surface area (Å²) in [5.74, 6) is 1.000. The number of hydrogen-bond donors (Lipinski definition) is 1. The van der Waals surface area contributed by atoms with E-state index in [4.69, 9.17) is 14.6 Å². The molecule has 6 heteroatoms. The maximum absolute atomic E-state index is 12.3. The van der Waals surface area contributed by atoms with Crippen LogP contribution in [0.15, 0.2) is 22.7 Å². The highest BCUT2D eigenvalue weighted by molar-refractivity contribution is 6.34. The Balaban J connectivity index is 2.72. The normalized spacial score (nSPS) is 19.6. The average Bonchev–Trinajstić information content (AvgIpc) is 2.89. The molecule has 0 bridgehead atoms. The van der Waals surface area contributed by atoms with Crippen molar-refractivity contribution in [2.24, 2.45) is 23.7 Å². The number of carboxylic acid groups (broad SMARTS) is 1. The molecule has 1 aliphatic rings. The highest BCUT2D eigenvalue weighted by Gasteiger charge is 2.35. The number of carbonyl (C=O) groups is 3. The van der Waals surface area contributed by atoms with Crippen molar-refractivity contribution in [1.82, 2.24) is 0 Å². The van der Waals surface area contributed by atoms with Gasteiger partial charge < -0.3 is 14.6 Å². The van der Waals surface area contributed by atoms with Gasteiger partial charge in [0.05, 0.1) is 6.42 Å². The molecular formula is C35H60O6. The Labute approximate surface area is 250 Å². The molecule has 1 heterocycles. The molecule has 1 aliphatic heterocycles. The van der Waals surface area contributed by atoms with Gasteiger partial charge in [-0.3, -0.25) is 9.59 Å². The van der Waals surface area contributed by atoms with Crippen molar-refractivity contribution < 1.29 is 29.0 Å². The number of rotatable bonds is 20. The third-order valence-electron chi connectivity index (χ3n) is 8.56. The van der Waals surface area contributed by atoms with Crippen LogP contribution in [-0.4, -0.2) is 28.4 Å². The van der Waals surface area contributed by atoms with Gasteiger partial charge in [-0.15, -0.1) is 0 Å². The summed E-state index contributed by atoms with van der Waals surface area (Å²) in [5, 5.41) is 8.79. The van der Waals surface area contributed by atoms with Crippen molar-refractivity contribution in [2.45, 2.75) is 158 Å². The van der Waals surface area contributed by atoms with Crippen molar-refractivity contribution in [2.75, 3.05) is 0 Å². The molecule has 0 saturated heterocycles. The van der Waals surface area contributed by atoms with Gasteiger partial charge in [0.2, 0.25) is 5.78 Å². The van der Waals surface area contributed by atoms with E-state index in [1.165, 1.54) is 44.9 Å². The predicted molar refractivity (Wildman–Crippen MR) is 166 cm³/mol. The van der Waals surface area contributed by atoms with E-state index < -0.39 is 17.7 Å². The molecule has 1 N–H and O–H groups in total. The van der Waals surface area contributed by atoms with Crippen LogP contribution >= 0.6 is 0 Å². The maximum Gasteiger partial charge on any atom is 0.379 e. The Morgan fingerprint density at radius 3 is 1.98 bits per heavy atom. The number of carboxylic acids is 1. The second-order valence-electron chi connectivity index (χ2n) is 13.5. The molecule has 1 rings (SSSR count). The lowest BCUT2D eigenvalue weighted by Gasteiger charge is -2.39. The fourth-order valence-corrected chi connectivity index (χ4v) is 5.78. The number of hydrogen-bond acceptors (Lipinski definition) is 5. The van der Waals surface area contributed by atoms with Crippen LogP contribution in [-0.2, 0) is 23.9 Å². The number of ether oxygens (including phenoxy) is 2. The largest absolute Gasteiger partial charge is 0.491 e.